The summed E-state index contributed by atoms with van der Waals surface area (Å²) in [6.07, 6.45) is 4.71. The predicted molar refractivity (Wildman–Crippen MR) is 69.1 cm³/mol. The molecule has 14 heavy (non-hydrogen) atoms. The number of rotatable bonds is 5. The van der Waals surface area contributed by atoms with Gasteiger partial charge in [-0.2, -0.15) is 0 Å². The van der Waals surface area contributed by atoms with Crippen LogP contribution in [0.1, 0.15) is 26.7 Å². The fourth-order valence-corrected chi connectivity index (χ4v) is 3.80. The molecule has 1 aliphatic heterocycles. The van der Waals surface area contributed by atoms with Gasteiger partial charge in [-0.05, 0) is 46.0 Å². The van der Waals surface area contributed by atoms with E-state index in [4.69, 9.17) is 0 Å². The Balaban J connectivity index is 2.17. The van der Waals surface area contributed by atoms with Crippen molar-refractivity contribution in [2.24, 2.45) is 0 Å². The highest BCUT2D eigenvalue weighted by molar-refractivity contribution is 8.76. The minimum Gasteiger partial charge on any atom is -0.317 e. The van der Waals surface area contributed by atoms with Gasteiger partial charge in [-0.15, -0.1) is 0 Å². The van der Waals surface area contributed by atoms with Gasteiger partial charge in [0.05, 0.1) is 0 Å². The Kier molecular flexibility index (Phi) is 5.67. The Morgan fingerprint density at radius 3 is 2.57 bits per heavy atom. The normalized spacial score (nSPS) is 19.9. The first-order chi connectivity index (χ1) is 6.64. The lowest BCUT2D eigenvalue weighted by atomic mass is 10.1. The summed E-state index contributed by atoms with van der Waals surface area (Å²) in [5, 5.41) is 7.06. The number of hydrogen-bond acceptors (Lipinski definition) is 4. The van der Waals surface area contributed by atoms with Crippen molar-refractivity contribution in [2.75, 3.05) is 25.9 Å². The van der Waals surface area contributed by atoms with Crippen LogP contribution in [0.5, 0.6) is 0 Å². The summed E-state index contributed by atoms with van der Waals surface area (Å²) in [7, 11) is 3.82. The second kappa shape index (κ2) is 6.26. The Labute approximate surface area is 95.8 Å². The van der Waals surface area contributed by atoms with Crippen LogP contribution in [-0.2, 0) is 0 Å². The van der Waals surface area contributed by atoms with E-state index in [1.54, 1.807) is 0 Å². The minimum atomic E-state index is 0.351. The van der Waals surface area contributed by atoms with Crippen LogP contribution in [0, 0.1) is 0 Å². The molecule has 0 unspecified atom stereocenters. The van der Waals surface area contributed by atoms with Crippen molar-refractivity contribution in [1.82, 2.24) is 10.6 Å². The van der Waals surface area contributed by atoms with Gasteiger partial charge >= 0.3 is 0 Å². The molecule has 4 heteroatoms. The van der Waals surface area contributed by atoms with Gasteiger partial charge in [-0.25, -0.2) is 0 Å². The fraction of sp³-hybridized carbons (Fsp3) is 1.00. The molecular weight excluding hydrogens is 212 g/mol. The standard InChI is InChI=1S/C10H22N2S2/c1-10(2,14-13-3)8-12-9-4-6-11-7-5-9/h9,11-12H,4-8H2,1-3H3. The summed E-state index contributed by atoms with van der Waals surface area (Å²) in [6.45, 7) is 8.08. The highest BCUT2D eigenvalue weighted by Crippen LogP contribution is 2.32. The molecule has 1 aliphatic rings. The highest BCUT2D eigenvalue weighted by Gasteiger charge is 2.20. The SMILES string of the molecule is CSSC(C)(C)CNC1CCNCC1. The first-order valence-corrected chi connectivity index (χ1v) is 7.86. The summed E-state index contributed by atoms with van der Waals surface area (Å²) in [4.78, 5) is 0. The zero-order chi connectivity index (χ0) is 10.4. The Morgan fingerprint density at radius 2 is 2.00 bits per heavy atom. The molecule has 0 aromatic carbocycles. The van der Waals surface area contributed by atoms with Gasteiger partial charge in [0.25, 0.3) is 0 Å². The smallest absolute Gasteiger partial charge is 0.0331 e. The summed E-state index contributed by atoms with van der Waals surface area (Å²) in [6, 6.07) is 0.734. The Bertz CT molecular complexity index is 156. The van der Waals surface area contributed by atoms with Crippen LogP contribution in [0.4, 0.5) is 0 Å². The highest BCUT2D eigenvalue weighted by atomic mass is 33.1. The fourth-order valence-electron chi connectivity index (χ4n) is 1.67. The average molecular weight is 234 g/mol. The lowest BCUT2D eigenvalue weighted by Gasteiger charge is -2.29. The van der Waals surface area contributed by atoms with Gasteiger partial charge in [-0.3, -0.25) is 0 Å². The maximum atomic E-state index is 3.67. The lowest BCUT2D eigenvalue weighted by Crippen LogP contribution is -2.44. The van der Waals surface area contributed by atoms with Crippen LogP contribution in [0.15, 0.2) is 0 Å². The predicted octanol–water partition coefficient (Wildman–Crippen LogP) is 2.12. The summed E-state index contributed by atoms with van der Waals surface area (Å²) < 4.78 is 0.351. The number of piperidine rings is 1. The van der Waals surface area contributed by atoms with Crippen LogP contribution >= 0.6 is 21.6 Å². The molecule has 1 fully saturated rings. The minimum absolute atomic E-state index is 0.351. The van der Waals surface area contributed by atoms with E-state index in [0.717, 1.165) is 12.6 Å². The quantitative estimate of drug-likeness (QED) is 0.712. The van der Waals surface area contributed by atoms with E-state index in [1.165, 1.54) is 25.9 Å². The molecule has 0 aliphatic carbocycles. The third kappa shape index (κ3) is 4.91. The third-order valence-corrected chi connectivity index (χ3v) is 5.08. The van der Waals surface area contributed by atoms with E-state index in [2.05, 4.69) is 30.7 Å². The average Bonchev–Trinajstić information content (AvgIpc) is 2.17. The van der Waals surface area contributed by atoms with E-state index in [9.17, 15) is 0 Å². The zero-order valence-electron chi connectivity index (χ0n) is 9.43. The molecular formula is C10H22N2S2. The van der Waals surface area contributed by atoms with E-state index >= 15 is 0 Å². The maximum absolute atomic E-state index is 3.67. The van der Waals surface area contributed by atoms with Crippen molar-refractivity contribution < 1.29 is 0 Å². The molecule has 0 atom stereocenters. The second-order valence-electron chi connectivity index (χ2n) is 4.41. The molecule has 2 N–H and O–H groups in total. The van der Waals surface area contributed by atoms with Crippen LogP contribution < -0.4 is 10.6 Å². The molecule has 1 heterocycles. The van der Waals surface area contributed by atoms with Gasteiger partial charge < -0.3 is 10.6 Å². The molecule has 2 nitrogen and oxygen atoms in total. The molecule has 84 valence electrons. The van der Waals surface area contributed by atoms with Gasteiger partial charge in [0.1, 0.15) is 0 Å². The largest absolute Gasteiger partial charge is 0.317 e. The molecule has 0 aromatic heterocycles. The van der Waals surface area contributed by atoms with Crippen molar-refractivity contribution in [1.29, 1.82) is 0 Å². The molecule has 0 spiro atoms. The summed E-state index contributed by atoms with van der Waals surface area (Å²) in [5.74, 6) is 0. The molecule has 0 aromatic rings. The van der Waals surface area contributed by atoms with Crippen LogP contribution in [0.25, 0.3) is 0 Å². The van der Waals surface area contributed by atoms with E-state index in [1.807, 2.05) is 21.6 Å². The van der Waals surface area contributed by atoms with E-state index < -0.39 is 0 Å². The lowest BCUT2D eigenvalue weighted by molar-refractivity contribution is 0.378. The van der Waals surface area contributed by atoms with Gasteiger partial charge in [-0.1, -0.05) is 21.6 Å². The Morgan fingerprint density at radius 1 is 1.36 bits per heavy atom. The van der Waals surface area contributed by atoms with Crippen LogP contribution in [-0.4, -0.2) is 36.7 Å². The second-order valence-corrected chi connectivity index (χ2v) is 7.52. The van der Waals surface area contributed by atoms with Crippen LogP contribution in [0.3, 0.4) is 0 Å². The number of nitrogens with one attached hydrogen (secondary N) is 2. The Hall–Kier alpha value is 0.620. The molecule has 0 saturated carbocycles. The first kappa shape index (κ1) is 12.7. The third-order valence-electron chi connectivity index (χ3n) is 2.46. The first-order valence-electron chi connectivity index (χ1n) is 5.30. The molecule has 0 radical (unpaired) electrons. The topological polar surface area (TPSA) is 24.1 Å². The molecule has 0 amide bonds. The van der Waals surface area contributed by atoms with Gasteiger partial charge in [0.15, 0.2) is 0 Å². The van der Waals surface area contributed by atoms with E-state index in [0.29, 0.717) is 4.75 Å². The van der Waals surface area contributed by atoms with Crippen LogP contribution in [0.2, 0.25) is 0 Å². The van der Waals surface area contributed by atoms with Crippen molar-refractivity contribution in [3.8, 4) is 0 Å². The summed E-state index contributed by atoms with van der Waals surface area (Å²) in [5.41, 5.74) is 0. The van der Waals surface area contributed by atoms with Crippen molar-refractivity contribution in [2.45, 2.75) is 37.5 Å². The summed E-state index contributed by atoms with van der Waals surface area (Å²) >= 11 is 0. The van der Waals surface area contributed by atoms with Gasteiger partial charge in [0, 0.05) is 17.3 Å². The maximum Gasteiger partial charge on any atom is 0.0331 e. The zero-order valence-corrected chi connectivity index (χ0v) is 11.1. The monoisotopic (exact) mass is 234 g/mol. The van der Waals surface area contributed by atoms with Crippen molar-refractivity contribution in [3.05, 3.63) is 0 Å². The van der Waals surface area contributed by atoms with Crippen molar-refractivity contribution >= 4 is 21.6 Å². The van der Waals surface area contributed by atoms with E-state index in [-0.39, 0.29) is 0 Å². The molecule has 1 rings (SSSR count). The number of hydrogen-bond donors (Lipinski definition) is 2. The van der Waals surface area contributed by atoms with Crippen molar-refractivity contribution in [3.63, 3.8) is 0 Å². The van der Waals surface area contributed by atoms with Gasteiger partial charge in [0.2, 0.25) is 0 Å². The molecule has 1 saturated heterocycles. The molecule has 0 bridgehead atoms.